The van der Waals surface area contributed by atoms with Gasteiger partial charge in [0.15, 0.2) is 5.76 Å². The Labute approximate surface area is 154 Å². The number of benzene rings is 2. The minimum atomic E-state index is -0.286. The fraction of sp³-hybridized carbons (Fsp3) is 0.167. The van der Waals surface area contributed by atoms with E-state index in [-0.39, 0.29) is 6.61 Å². The second-order valence-electron chi connectivity index (χ2n) is 5.16. The first-order valence-corrected chi connectivity index (χ1v) is 8.12. The summed E-state index contributed by atoms with van der Waals surface area (Å²) in [6, 6.07) is 10.5. The average molecular weight is 380 g/mol. The maximum Gasteiger partial charge on any atom is 0.176 e. The molecule has 0 fully saturated rings. The highest BCUT2D eigenvalue weighted by Gasteiger charge is 2.23. The third-order valence-corrected chi connectivity index (χ3v) is 4.63. The molecule has 7 heteroatoms. The van der Waals surface area contributed by atoms with Gasteiger partial charge in [0, 0.05) is 11.6 Å². The van der Waals surface area contributed by atoms with Crippen molar-refractivity contribution >= 4 is 23.2 Å². The molecule has 3 aromatic rings. The van der Waals surface area contributed by atoms with Gasteiger partial charge in [-0.25, -0.2) is 0 Å². The van der Waals surface area contributed by atoms with E-state index in [0.29, 0.717) is 49.7 Å². The van der Waals surface area contributed by atoms with Gasteiger partial charge in [-0.15, -0.1) is 0 Å². The number of aromatic nitrogens is 1. The van der Waals surface area contributed by atoms with Crippen LogP contribution >= 0.6 is 23.2 Å². The first-order valence-electron chi connectivity index (χ1n) is 7.36. The number of methoxy groups -OCH3 is 2. The number of ether oxygens (including phenoxy) is 2. The van der Waals surface area contributed by atoms with Gasteiger partial charge in [0.05, 0.1) is 42.0 Å². The Balaban J connectivity index is 2.17. The summed E-state index contributed by atoms with van der Waals surface area (Å²) < 4.78 is 16.1. The van der Waals surface area contributed by atoms with Crippen LogP contribution in [-0.2, 0) is 6.61 Å². The summed E-state index contributed by atoms with van der Waals surface area (Å²) in [4.78, 5) is 0. The Morgan fingerprint density at radius 3 is 2.56 bits per heavy atom. The van der Waals surface area contributed by atoms with Gasteiger partial charge in [0.25, 0.3) is 0 Å². The van der Waals surface area contributed by atoms with Crippen molar-refractivity contribution in [1.29, 1.82) is 0 Å². The summed E-state index contributed by atoms with van der Waals surface area (Å²) >= 11 is 12.4. The monoisotopic (exact) mass is 379 g/mol. The van der Waals surface area contributed by atoms with Gasteiger partial charge in [-0.3, -0.25) is 0 Å². The topological polar surface area (TPSA) is 64.7 Å². The molecule has 0 aliphatic rings. The SMILES string of the molecule is COc1ccc(-c2onc(-c3cccc(Cl)c3Cl)c2CO)c(OC)c1. The van der Waals surface area contributed by atoms with Gasteiger partial charge in [-0.05, 0) is 18.2 Å². The Morgan fingerprint density at radius 1 is 1.08 bits per heavy atom. The van der Waals surface area contributed by atoms with Gasteiger partial charge in [-0.1, -0.05) is 40.5 Å². The minimum absolute atomic E-state index is 0.286. The molecule has 1 aromatic heterocycles. The standard InChI is InChI=1S/C18H15Cl2NO4/c1-23-10-6-7-11(15(8-10)24-2)18-13(9-22)17(21-25-18)12-4-3-5-14(19)16(12)20/h3-8,22H,9H2,1-2H3. The molecule has 0 saturated carbocycles. The molecule has 2 aromatic carbocycles. The van der Waals surface area contributed by atoms with Gasteiger partial charge >= 0.3 is 0 Å². The van der Waals surface area contributed by atoms with Crippen molar-refractivity contribution in [3.63, 3.8) is 0 Å². The van der Waals surface area contributed by atoms with E-state index < -0.39 is 0 Å². The van der Waals surface area contributed by atoms with E-state index in [4.69, 9.17) is 37.2 Å². The third kappa shape index (κ3) is 3.18. The molecule has 5 nitrogen and oxygen atoms in total. The number of aliphatic hydroxyl groups is 1. The summed E-state index contributed by atoms with van der Waals surface area (Å²) in [7, 11) is 3.11. The van der Waals surface area contributed by atoms with E-state index >= 15 is 0 Å². The molecule has 0 spiro atoms. The van der Waals surface area contributed by atoms with E-state index in [1.165, 1.54) is 0 Å². The maximum atomic E-state index is 9.89. The number of aliphatic hydroxyl groups excluding tert-OH is 1. The van der Waals surface area contributed by atoms with Gasteiger partial charge in [0.2, 0.25) is 0 Å². The maximum absolute atomic E-state index is 9.89. The molecule has 0 radical (unpaired) electrons. The van der Waals surface area contributed by atoms with Crippen molar-refractivity contribution in [2.45, 2.75) is 6.61 Å². The lowest BCUT2D eigenvalue weighted by Crippen LogP contribution is -1.93. The van der Waals surface area contributed by atoms with Crippen LogP contribution in [0.4, 0.5) is 0 Å². The van der Waals surface area contributed by atoms with Crippen LogP contribution in [0.25, 0.3) is 22.6 Å². The van der Waals surface area contributed by atoms with E-state index in [1.54, 1.807) is 50.6 Å². The second kappa shape index (κ2) is 7.35. The third-order valence-electron chi connectivity index (χ3n) is 3.81. The van der Waals surface area contributed by atoms with Crippen molar-refractivity contribution in [3.05, 3.63) is 52.0 Å². The molecular weight excluding hydrogens is 365 g/mol. The molecule has 25 heavy (non-hydrogen) atoms. The molecule has 0 atom stereocenters. The zero-order valence-corrected chi connectivity index (χ0v) is 15.1. The fourth-order valence-electron chi connectivity index (χ4n) is 2.55. The van der Waals surface area contributed by atoms with Crippen LogP contribution in [0.3, 0.4) is 0 Å². The lowest BCUT2D eigenvalue weighted by Gasteiger charge is -2.09. The van der Waals surface area contributed by atoms with Gasteiger partial charge in [0.1, 0.15) is 17.2 Å². The molecule has 0 amide bonds. The highest BCUT2D eigenvalue weighted by Crippen LogP contribution is 2.41. The smallest absolute Gasteiger partial charge is 0.176 e. The van der Waals surface area contributed by atoms with Crippen LogP contribution in [-0.4, -0.2) is 24.5 Å². The molecular formula is C18H15Cl2NO4. The lowest BCUT2D eigenvalue weighted by atomic mass is 10.0. The van der Waals surface area contributed by atoms with Crippen molar-refractivity contribution in [2.75, 3.05) is 14.2 Å². The number of rotatable bonds is 5. The highest BCUT2D eigenvalue weighted by molar-refractivity contribution is 6.43. The Morgan fingerprint density at radius 2 is 1.88 bits per heavy atom. The fourth-order valence-corrected chi connectivity index (χ4v) is 2.94. The van der Waals surface area contributed by atoms with Crippen LogP contribution in [0.2, 0.25) is 10.0 Å². The molecule has 0 aliphatic heterocycles. The summed E-state index contributed by atoms with van der Waals surface area (Å²) in [5.41, 5.74) is 2.15. The Hall–Kier alpha value is -2.21. The zero-order valence-electron chi connectivity index (χ0n) is 13.5. The number of hydrogen-bond donors (Lipinski definition) is 1. The molecule has 1 N–H and O–H groups in total. The van der Waals surface area contributed by atoms with Crippen molar-refractivity contribution in [2.24, 2.45) is 0 Å². The predicted octanol–water partition coefficient (Wildman–Crippen LogP) is 4.82. The quantitative estimate of drug-likeness (QED) is 0.687. The summed E-state index contributed by atoms with van der Waals surface area (Å²) in [6.45, 7) is -0.286. The normalized spacial score (nSPS) is 10.8. The van der Waals surface area contributed by atoms with Crippen LogP contribution in [0, 0.1) is 0 Å². The van der Waals surface area contributed by atoms with Crippen LogP contribution in [0.15, 0.2) is 40.9 Å². The minimum Gasteiger partial charge on any atom is -0.497 e. The Kier molecular flexibility index (Phi) is 5.18. The van der Waals surface area contributed by atoms with Crippen molar-refractivity contribution in [3.8, 4) is 34.1 Å². The molecule has 3 rings (SSSR count). The number of nitrogens with zero attached hydrogens (tertiary/aromatic N) is 1. The predicted molar refractivity (Wildman–Crippen MR) is 96.4 cm³/mol. The number of hydrogen-bond acceptors (Lipinski definition) is 5. The molecule has 130 valence electrons. The van der Waals surface area contributed by atoms with Gasteiger partial charge < -0.3 is 19.1 Å². The first kappa shape index (κ1) is 17.6. The van der Waals surface area contributed by atoms with Crippen LogP contribution in [0.1, 0.15) is 5.56 Å². The molecule has 0 aliphatic carbocycles. The highest BCUT2D eigenvalue weighted by atomic mass is 35.5. The zero-order chi connectivity index (χ0) is 18.0. The van der Waals surface area contributed by atoms with E-state index in [9.17, 15) is 5.11 Å². The summed E-state index contributed by atoms with van der Waals surface area (Å²) in [6.07, 6.45) is 0. The number of halogens is 2. The van der Waals surface area contributed by atoms with Crippen molar-refractivity contribution in [1.82, 2.24) is 5.16 Å². The lowest BCUT2D eigenvalue weighted by molar-refractivity contribution is 0.281. The van der Waals surface area contributed by atoms with E-state index in [0.717, 1.165) is 0 Å². The van der Waals surface area contributed by atoms with Gasteiger partial charge in [-0.2, -0.15) is 0 Å². The molecule has 0 bridgehead atoms. The molecule has 0 unspecified atom stereocenters. The Bertz CT molecular complexity index is 908. The first-order chi connectivity index (χ1) is 12.1. The second-order valence-corrected chi connectivity index (χ2v) is 5.95. The van der Waals surface area contributed by atoms with E-state index in [2.05, 4.69) is 5.16 Å². The summed E-state index contributed by atoms with van der Waals surface area (Å²) in [5.74, 6) is 1.57. The molecule has 1 heterocycles. The van der Waals surface area contributed by atoms with E-state index in [1.807, 2.05) is 0 Å². The summed E-state index contributed by atoms with van der Waals surface area (Å²) in [5, 5.41) is 14.7. The largest absolute Gasteiger partial charge is 0.497 e. The van der Waals surface area contributed by atoms with Crippen LogP contribution in [0.5, 0.6) is 11.5 Å². The molecule has 0 saturated heterocycles. The average Bonchev–Trinajstić information content (AvgIpc) is 3.06. The van der Waals surface area contributed by atoms with Crippen LogP contribution < -0.4 is 9.47 Å². The van der Waals surface area contributed by atoms with Crippen molar-refractivity contribution < 1.29 is 19.1 Å².